The minimum absolute atomic E-state index is 0.138. The van der Waals surface area contributed by atoms with Crippen LogP contribution < -0.4 is 5.32 Å². The first-order valence-corrected chi connectivity index (χ1v) is 5.87. The molecular weight excluding hydrogens is 248 g/mol. The summed E-state index contributed by atoms with van der Waals surface area (Å²) in [6.07, 6.45) is 0. The van der Waals surface area contributed by atoms with Gasteiger partial charge in [-0.15, -0.1) is 12.6 Å². The zero-order valence-corrected chi connectivity index (χ0v) is 11.1. The molecule has 4 nitrogen and oxygen atoms in total. The van der Waals surface area contributed by atoms with E-state index in [1.807, 2.05) is 31.2 Å². The standard InChI is InChI=1S/C13H14N2O2S/c1-3-17-13(16)11(8-14)12(18)15-10-6-4-9(2)5-7-10/h4-7,15,18H,3H2,1-2H3. The summed E-state index contributed by atoms with van der Waals surface area (Å²) in [7, 11) is 0. The number of benzene rings is 1. The third-order valence-corrected chi connectivity index (χ3v) is 2.48. The molecule has 0 spiro atoms. The van der Waals surface area contributed by atoms with Gasteiger partial charge in [-0.1, -0.05) is 17.7 Å². The number of nitriles is 1. The smallest absolute Gasteiger partial charge is 0.351 e. The number of carbonyl (C=O) groups is 1. The normalized spacial score (nSPS) is 11.2. The largest absolute Gasteiger partial charge is 0.462 e. The number of rotatable bonds is 4. The van der Waals surface area contributed by atoms with E-state index in [2.05, 4.69) is 17.9 Å². The molecule has 0 aliphatic rings. The van der Waals surface area contributed by atoms with E-state index in [-0.39, 0.29) is 17.2 Å². The van der Waals surface area contributed by atoms with Crippen LogP contribution in [0, 0.1) is 18.3 Å². The first kappa shape index (κ1) is 14.1. The second-order valence-electron chi connectivity index (χ2n) is 3.55. The molecule has 18 heavy (non-hydrogen) atoms. The third kappa shape index (κ3) is 3.82. The highest BCUT2D eigenvalue weighted by atomic mass is 32.1. The Balaban J connectivity index is 2.90. The van der Waals surface area contributed by atoms with E-state index in [4.69, 9.17) is 10.00 Å². The van der Waals surface area contributed by atoms with Crippen molar-refractivity contribution in [3.63, 3.8) is 0 Å². The molecule has 1 aromatic rings. The van der Waals surface area contributed by atoms with Crippen LogP contribution in [0.2, 0.25) is 0 Å². The summed E-state index contributed by atoms with van der Waals surface area (Å²) in [5.74, 6) is -0.676. The van der Waals surface area contributed by atoms with Gasteiger partial charge in [-0.3, -0.25) is 0 Å². The number of aryl methyl sites for hydroxylation is 1. The van der Waals surface area contributed by atoms with Crippen molar-refractivity contribution in [3.8, 4) is 6.07 Å². The van der Waals surface area contributed by atoms with Crippen LogP contribution in [0.15, 0.2) is 34.9 Å². The lowest BCUT2D eigenvalue weighted by Gasteiger charge is -2.08. The molecule has 0 fully saturated rings. The van der Waals surface area contributed by atoms with E-state index in [9.17, 15) is 4.79 Å². The number of anilines is 1. The molecule has 1 N–H and O–H groups in total. The Morgan fingerprint density at radius 3 is 2.56 bits per heavy atom. The molecule has 0 amide bonds. The summed E-state index contributed by atoms with van der Waals surface area (Å²) in [5, 5.41) is 12.0. The van der Waals surface area contributed by atoms with Gasteiger partial charge in [-0.05, 0) is 26.0 Å². The van der Waals surface area contributed by atoms with Crippen LogP contribution in [-0.2, 0) is 9.53 Å². The Hall–Kier alpha value is -1.93. The number of ether oxygens (including phenoxy) is 1. The Morgan fingerprint density at radius 2 is 2.06 bits per heavy atom. The Morgan fingerprint density at radius 1 is 1.44 bits per heavy atom. The van der Waals surface area contributed by atoms with Crippen LogP contribution in [0.1, 0.15) is 12.5 Å². The number of carbonyl (C=O) groups excluding carboxylic acids is 1. The van der Waals surface area contributed by atoms with Gasteiger partial charge in [0.2, 0.25) is 0 Å². The highest BCUT2D eigenvalue weighted by Crippen LogP contribution is 2.16. The molecule has 0 aliphatic heterocycles. The first-order valence-electron chi connectivity index (χ1n) is 5.42. The highest BCUT2D eigenvalue weighted by molar-refractivity contribution is 7.84. The van der Waals surface area contributed by atoms with Gasteiger partial charge in [-0.25, -0.2) is 4.79 Å². The van der Waals surface area contributed by atoms with Crippen LogP contribution in [-0.4, -0.2) is 12.6 Å². The van der Waals surface area contributed by atoms with Gasteiger partial charge in [0.15, 0.2) is 5.57 Å². The number of hydrogen-bond acceptors (Lipinski definition) is 5. The van der Waals surface area contributed by atoms with Crippen molar-refractivity contribution in [1.82, 2.24) is 0 Å². The predicted molar refractivity (Wildman–Crippen MR) is 73.1 cm³/mol. The molecule has 0 saturated carbocycles. The maximum absolute atomic E-state index is 11.5. The van der Waals surface area contributed by atoms with Crippen LogP contribution in [0.3, 0.4) is 0 Å². The van der Waals surface area contributed by atoms with E-state index < -0.39 is 5.97 Å². The molecular formula is C13H14N2O2S. The van der Waals surface area contributed by atoms with E-state index in [1.54, 1.807) is 13.0 Å². The molecule has 0 unspecified atom stereocenters. The predicted octanol–water partition coefficient (Wildman–Crippen LogP) is 2.64. The van der Waals surface area contributed by atoms with Crippen molar-refractivity contribution in [2.24, 2.45) is 0 Å². The van der Waals surface area contributed by atoms with Crippen molar-refractivity contribution in [1.29, 1.82) is 5.26 Å². The summed E-state index contributed by atoms with van der Waals surface area (Å²) < 4.78 is 4.76. The van der Waals surface area contributed by atoms with Crippen molar-refractivity contribution in [2.45, 2.75) is 13.8 Å². The molecule has 0 atom stereocenters. The summed E-state index contributed by atoms with van der Waals surface area (Å²) in [4.78, 5) is 11.5. The quantitative estimate of drug-likeness (QED) is 0.379. The third-order valence-electron chi connectivity index (χ3n) is 2.14. The molecule has 94 valence electrons. The number of esters is 1. The molecule has 0 aromatic heterocycles. The maximum atomic E-state index is 11.5. The van der Waals surface area contributed by atoms with Gasteiger partial charge in [0, 0.05) is 5.69 Å². The van der Waals surface area contributed by atoms with Crippen LogP contribution >= 0.6 is 12.6 Å². The molecule has 0 bridgehead atoms. The van der Waals surface area contributed by atoms with Crippen LogP contribution in [0.4, 0.5) is 5.69 Å². The van der Waals surface area contributed by atoms with Crippen molar-refractivity contribution < 1.29 is 9.53 Å². The van der Waals surface area contributed by atoms with Crippen molar-refractivity contribution in [2.75, 3.05) is 11.9 Å². The van der Waals surface area contributed by atoms with Crippen molar-refractivity contribution in [3.05, 3.63) is 40.4 Å². The van der Waals surface area contributed by atoms with Gasteiger partial charge in [0.1, 0.15) is 6.07 Å². The van der Waals surface area contributed by atoms with E-state index in [1.165, 1.54) is 0 Å². The number of nitrogens with zero attached hydrogens (tertiary/aromatic N) is 1. The average molecular weight is 262 g/mol. The molecule has 0 aliphatic carbocycles. The minimum atomic E-state index is -0.676. The topological polar surface area (TPSA) is 62.1 Å². The Kier molecular flexibility index (Phi) is 5.28. The summed E-state index contributed by atoms with van der Waals surface area (Å²) in [5.41, 5.74) is 1.74. The molecule has 1 aromatic carbocycles. The lowest BCUT2D eigenvalue weighted by atomic mass is 10.2. The number of hydrogen-bond donors (Lipinski definition) is 2. The number of nitrogens with one attached hydrogen (secondary N) is 1. The zero-order valence-electron chi connectivity index (χ0n) is 10.2. The SMILES string of the molecule is CCOC(=O)C(C#N)=C(S)Nc1ccc(C)cc1. The highest BCUT2D eigenvalue weighted by Gasteiger charge is 2.14. The van der Waals surface area contributed by atoms with Gasteiger partial charge >= 0.3 is 5.97 Å². The first-order chi connectivity index (χ1) is 8.58. The second kappa shape index (κ2) is 6.72. The minimum Gasteiger partial charge on any atom is -0.462 e. The average Bonchev–Trinajstić information content (AvgIpc) is 2.33. The molecule has 1 rings (SSSR count). The fourth-order valence-corrected chi connectivity index (χ4v) is 1.51. The summed E-state index contributed by atoms with van der Waals surface area (Å²) in [6, 6.07) is 9.30. The van der Waals surface area contributed by atoms with Gasteiger partial charge < -0.3 is 10.1 Å². The summed E-state index contributed by atoms with van der Waals surface area (Å²) >= 11 is 4.12. The van der Waals surface area contributed by atoms with Gasteiger partial charge in [-0.2, -0.15) is 5.26 Å². The van der Waals surface area contributed by atoms with Crippen LogP contribution in [0.25, 0.3) is 0 Å². The maximum Gasteiger partial charge on any atom is 0.351 e. The van der Waals surface area contributed by atoms with Crippen molar-refractivity contribution >= 4 is 24.3 Å². The van der Waals surface area contributed by atoms with E-state index >= 15 is 0 Å². The van der Waals surface area contributed by atoms with Gasteiger partial charge in [0.05, 0.1) is 11.6 Å². The molecule has 5 heteroatoms. The fraction of sp³-hybridized carbons (Fsp3) is 0.231. The fourth-order valence-electron chi connectivity index (χ4n) is 1.23. The summed E-state index contributed by atoms with van der Waals surface area (Å²) in [6.45, 7) is 3.87. The zero-order chi connectivity index (χ0) is 13.5. The lowest BCUT2D eigenvalue weighted by molar-refractivity contribution is -0.138. The van der Waals surface area contributed by atoms with E-state index in [0.717, 1.165) is 11.3 Å². The molecule has 0 radical (unpaired) electrons. The van der Waals surface area contributed by atoms with Crippen LogP contribution in [0.5, 0.6) is 0 Å². The lowest BCUT2D eigenvalue weighted by Crippen LogP contribution is -2.10. The Labute approximate surface area is 112 Å². The Bertz CT molecular complexity index is 501. The second-order valence-corrected chi connectivity index (χ2v) is 3.99. The molecule has 0 heterocycles. The van der Waals surface area contributed by atoms with Gasteiger partial charge in [0.25, 0.3) is 0 Å². The monoisotopic (exact) mass is 262 g/mol. The van der Waals surface area contributed by atoms with E-state index in [0.29, 0.717) is 0 Å². The molecule has 0 saturated heterocycles. The number of thiol groups is 1.